The van der Waals surface area contributed by atoms with Crippen molar-refractivity contribution in [3.05, 3.63) is 71.8 Å². The number of esters is 1. The fourth-order valence-corrected chi connectivity index (χ4v) is 2.91. The van der Waals surface area contributed by atoms with Gasteiger partial charge < -0.3 is 4.74 Å². The second-order valence-electron chi connectivity index (χ2n) is 5.86. The number of benzene rings is 2. The summed E-state index contributed by atoms with van der Waals surface area (Å²) in [5.74, 6) is -0.343. The van der Waals surface area contributed by atoms with E-state index in [0.717, 1.165) is 11.1 Å². The van der Waals surface area contributed by atoms with Crippen LogP contribution in [0.1, 0.15) is 17.5 Å². The first kappa shape index (κ1) is 15.7. The summed E-state index contributed by atoms with van der Waals surface area (Å²) in [7, 11) is 0. The number of ether oxygens (including phenoxy) is 1. The van der Waals surface area contributed by atoms with Crippen LogP contribution in [0.15, 0.2) is 60.7 Å². The Morgan fingerprint density at radius 3 is 2.30 bits per heavy atom. The fourth-order valence-electron chi connectivity index (χ4n) is 2.91. The van der Waals surface area contributed by atoms with Crippen LogP contribution < -0.4 is 0 Å². The normalized spacial score (nSPS) is 21.3. The van der Waals surface area contributed by atoms with E-state index in [4.69, 9.17) is 4.74 Å². The van der Waals surface area contributed by atoms with E-state index >= 15 is 0 Å². The average Bonchev–Trinajstić information content (AvgIpc) is 2.95. The Kier molecular flexibility index (Phi) is 5.03. The molecule has 1 fully saturated rings. The molecule has 120 valence electrons. The molecule has 3 nitrogen and oxygen atoms in total. The molecule has 1 heterocycles. The Bertz CT molecular complexity index is 632. The summed E-state index contributed by atoms with van der Waals surface area (Å²) < 4.78 is 19.2. The molecule has 4 heteroatoms. The maximum atomic E-state index is 13.8. The summed E-state index contributed by atoms with van der Waals surface area (Å²) in [6.45, 7) is 1.07. The minimum absolute atomic E-state index is 0.209. The number of nitrogens with zero attached hydrogens (tertiary/aromatic N) is 1. The molecule has 0 bridgehead atoms. The van der Waals surface area contributed by atoms with Crippen LogP contribution in [-0.4, -0.2) is 29.6 Å². The van der Waals surface area contributed by atoms with Crippen LogP contribution in [0.25, 0.3) is 0 Å². The van der Waals surface area contributed by atoms with Crippen molar-refractivity contribution in [2.75, 3.05) is 6.54 Å². The Hall–Kier alpha value is -2.20. The van der Waals surface area contributed by atoms with Crippen LogP contribution in [0.4, 0.5) is 4.39 Å². The van der Waals surface area contributed by atoms with Crippen LogP contribution >= 0.6 is 0 Å². The highest BCUT2D eigenvalue weighted by molar-refractivity contribution is 5.76. The molecule has 0 saturated carbocycles. The zero-order valence-electron chi connectivity index (χ0n) is 12.9. The van der Waals surface area contributed by atoms with Crippen molar-refractivity contribution >= 4 is 5.97 Å². The molecule has 0 unspecified atom stereocenters. The standard InChI is InChI=1S/C19H20FNO2/c20-17-11-18(19(22)23-14-16-9-5-2-6-10-16)21(13-17)12-15-7-3-1-4-8-15/h1-10,17-18H,11-14H2/t17-,18+/m0/s1. The summed E-state index contributed by atoms with van der Waals surface area (Å²) in [6, 6.07) is 18.8. The van der Waals surface area contributed by atoms with Gasteiger partial charge in [0.2, 0.25) is 0 Å². The van der Waals surface area contributed by atoms with Crippen LogP contribution in [0.3, 0.4) is 0 Å². The highest BCUT2D eigenvalue weighted by Gasteiger charge is 2.37. The second-order valence-corrected chi connectivity index (χ2v) is 5.86. The maximum absolute atomic E-state index is 13.8. The first-order chi connectivity index (χ1) is 11.2. The molecule has 0 aromatic heterocycles. The van der Waals surface area contributed by atoms with Gasteiger partial charge in [0.1, 0.15) is 18.8 Å². The fraction of sp³-hybridized carbons (Fsp3) is 0.316. The monoisotopic (exact) mass is 313 g/mol. The Balaban J connectivity index is 1.61. The number of rotatable bonds is 5. The Morgan fingerprint density at radius 2 is 1.65 bits per heavy atom. The lowest BCUT2D eigenvalue weighted by Crippen LogP contribution is -2.36. The molecule has 1 saturated heterocycles. The Labute approximate surface area is 135 Å². The topological polar surface area (TPSA) is 29.5 Å². The van der Waals surface area contributed by atoms with Gasteiger partial charge in [0.15, 0.2) is 0 Å². The van der Waals surface area contributed by atoms with Crippen molar-refractivity contribution in [2.24, 2.45) is 0 Å². The van der Waals surface area contributed by atoms with E-state index in [1.54, 1.807) is 0 Å². The molecule has 3 rings (SSSR count). The predicted molar refractivity (Wildman–Crippen MR) is 86.4 cm³/mol. The third-order valence-corrected chi connectivity index (χ3v) is 4.08. The smallest absolute Gasteiger partial charge is 0.323 e. The lowest BCUT2D eigenvalue weighted by atomic mass is 10.2. The van der Waals surface area contributed by atoms with E-state index in [9.17, 15) is 9.18 Å². The zero-order valence-corrected chi connectivity index (χ0v) is 12.9. The summed E-state index contributed by atoms with van der Waals surface area (Å²) in [4.78, 5) is 14.2. The largest absolute Gasteiger partial charge is 0.460 e. The van der Waals surface area contributed by atoms with Crippen LogP contribution in [0.2, 0.25) is 0 Å². The predicted octanol–water partition coefficient (Wildman–Crippen LogP) is 3.34. The quantitative estimate of drug-likeness (QED) is 0.793. The van der Waals surface area contributed by atoms with Crippen molar-refractivity contribution in [1.29, 1.82) is 0 Å². The van der Waals surface area contributed by atoms with Gasteiger partial charge in [0.25, 0.3) is 0 Å². The van der Waals surface area contributed by atoms with Gasteiger partial charge in [-0.1, -0.05) is 60.7 Å². The van der Waals surface area contributed by atoms with E-state index in [1.165, 1.54) is 0 Å². The number of alkyl halides is 1. The molecule has 0 amide bonds. The van der Waals surface area contributed by atoms with E-state index in [0.29, 0.717) is 6.54 Å². The molecule has 2 aromatic carbocycles. The minimum atomic E-state index is -0.979. The molecular weight excluding hydrogens is 293 g/mol. The number of halogens is 1. The molecule has 1 aliphatic rings. The summed E-state index contributed by atoms with van der Waals surface area (Å²) in [5, 5.41) is 0. The molecule has 2 atom stereocenters. The second kappa shape index (κ2) is 7.38. The third kappa shape index (κ3) is 4.17. The lowest BCUT2D eigenvalue weighted by Gasteiger charge is -2.22. The van der Waals surface area contributed by atoms with Gasteiger partial charge in [0, 0.05) is 19.5 Å². The summed E-state index contributed by atoms with van der Waals surface area (Å²) >= 11 is 0. The summed E-state index contributed by atoms with van der Waals surface area (Å²) in [6.07, 6.45) is -0.770. The molecule has 2 aromatic rings. The number of likely N-dealkylation sites (tertiary alicyclic amines) is 1. The Morgan fingerprint density at radius 1 is 1.04 bits per heavy atom. The van der Waals surface area contributed by atoms with E-state index in [-0.39, 0.29) is 25.5 Å². The van der Waals surface area contributed by atoms with Gasteiger partial charge in [-0.2, -0.15) is 0 Å². The molecule has 0 radical (unpaired) electrons. The third-order valence-electron chi connectivity index (χ3n) is 4.08. The number of hydrogen-bond acceptors (Lipinski definition) is 3. The van der Waals surface area contributed by atoms with Gasteiger partial charge in [-0.3, -0.25) is 9.69 Å². The molecule has 0 spiro atoms. The van der Waals surface area contributed by atoms with E-state index < -0.39 is 12.2 Å². The molecule has 0 N–H and O–H groups in total. The zero-order chi connectivity index (χ0) is 16.1. The van der Waals surface area contributed by atoms with Crippen molar-refractivity contribution < 1.29 is 13.9 Å². The molecule has 0 aliphatic carbocycles. The van der Waals surface area contributed by atoms with Gasteiger partial charge in [-0.25, -0.2) is 4.39 Å². The first-order valence-corrected chi connectivity index (χ1v) is 7.85. The van der Waals surface area contributed by atoms with Crippen LogP contribution in [0.5, 0.6) is 0 Å². The SMILES string of the molecule is O=C(OCc1ccccc1)[C@H]1C[C@H](F)CN1Cc1ccccc1. The van der Waals surface area contributed by atoms with Crippen molar-refractivity contribution in [3.8, 4) is 0 Å². The maximum Gasteiger partial charge on any atom is 0.323 e. The van der Waals surface area contributed by atoms with Crippen molar-refractivity contribution in [2.45, 2.75) is 31.8 Å². The molecule has 23 heavy (non-hydrogen) atoms. The van der Waals surface area contributed by atoms with E-state index in [2.05, 4.69) is 0 Å². The van der Waals surface area contributed by atoms with Gasteiger partial charge >= 0.3 is 5.97 Å². The first-order valence-electron chi connectivity index (χ1n) is 7.85. The van der Waals surface area contributed by atoms with Crippen molar-refractivity contribution in [1.82, 2.24) is 4.90 Å². The molecule has 1 aliphatic heterocycles. The van der Waals surface area contributed by atoms with Crippen LogP contribution in [0, 0.1) is 0 Å². The number of hydrogen-bond donors (Lipinski definition) is 0. The molecular formula is C19H20FNO2. The van der Waals surface area contributed by atoms with Crippen LogP contribution in [-0.2, 0) is 22.7 Å². The van der Waals surface area contributed by atoms with Gasteiger partial charge in [-0.05, 0) is 11.1 Å². The van der Waals surface area contributed by atoms with Crippen molar-refractivity contribution in [3.63, 3.8) is 0 Å². The minimum Gasteiger partial charge on any atom is -0.460 e. The summed E-state index contributed by atoms with van der Waals surface area (Å²) in [5.41, 5.74) is 2.01. The highest BCUT2D eigenvalue weighted by atomic mass is 19.1. The van der Waals surface area contributed by atoms with Gasteiger partial charge in [0.05, 0.1) is 0 Å². The van der Waals surface area contributed by atoms with Gasteiger partial charge in [-0.15, -0.1) is 0 Å². The van der Waals surface area contributed by atoms with E-state index in [1.807, 2.05) is 65.6 Å². The average molecular weight is 313 g/mol. The lowest BCUT2D eigenvalue weighted by molar-refractivity contribution is -0.150. The number of carbonyl (C=O) groups excluding carboxylic acids is 1. The number of carbonyl (C=O) groups is 1. The highest BCUT2D eigenvalue weighted by Crippen LogP contribution is 2.24.